The molecule has 0 radical (unpaired) electrons. The lowest BCUT2D eigenvalue weighted by Crippen LogP contribution is -2.51. The van der Waals surface area contributed by atoms with Crippen LogP contribution in [0.15, 0.2) is 18.2 Å². The Morgan fingerprint density at radius 3 is 2.77 bits per heavy atom. The van der Waals surface area contributed by atoms with Gasteiger partial charge in [-0.3, -0.25) is 24.6 Å². The van der Waals surface area contributed by atoms with Gasteiger partial charge in [0.05, 0.1) is 12.6 Å². The minimum atomic E-state index is -0.423. The van der Waals surface area contributed by atoms with Crippen LogP contribution in [0.25, 0.3) is 0 Å². The highest BCUT2D eigenvalue weighted by atomic mass is 16.5. The first-order valence-corrected chi connectivity index (χ1v) is 8.74. The summed E-state index contributed by atoms with van der Waals surface area (Å²) in [5.74, 6) is 0.0239. The molecule has 0 saturated carbocycles. The predicted octanol–water partition coefficient (Wildman–Crippen LogP) is 1.48. The monoisotopic (exact) mass is 360 g/mol. The molecule has 1 aliphatic rings. The number of unbranched alkanes of at least 4 members (excludes halogenated alkanes) is 2. The molecule has 1 aliphatic heterocycles. The van der Waals surface area contributed by atoms with Gasteiger partial charge in [-0.05, 0) is 32.4 Å². The van der Waals surface area contributed by atoms with E-state index in [1.807, 2.05) is 4.90 Å². The summed E-state index contributed by atoms with van der Waals surface area (Å²) in [6.45, 7) is 0.802. The molecule has 0 aliphatic carbocycles. The van der Waals surface area contributed by atoms with Crippen molar-refractivity contribution in [3.8, 4) is 5.75 Å². The van der Waals surface area contributed by atoms with Gasteiger partial charge in [-0.25, -0.2) is 0 Å². The molecule has 0 aromatic heterocycles. The molecule has 1 aromatic carbocycles. The average molecular weight is 360 g/mol. The zero-order chi connectivity index (χ0) is 18.9. The number of likely N-dealkylation sites (N-methyl/N-ethyl adjacent to an activating group) is 1. The van der Waals surface area contributed by atoms with Crippen LogP contribution in [0.5, 0.6) is 5.75 Å². The smallest absolute Gasteiger partial charge is 0.243 e. The van der Waals surface area contributed by atoms with Gasteiger partial charge in [0.15, 0.2) is 6.29 Å². The van der Waals surface area contributed by atoms with Gasteiger partial charge in [-0.2, -0.15) is 0 Å². The van der Waals surface area contributed by atoms with Crippen LogP contribution in [0.3, 0.4) is 0 Å². The lowest BCUT2D eigenvalue weighted by Gasteiger charge is -2.30. The Bertz CT molecular complexity index is 674. The average Bonchev–Trinajstić information content (AvgIpc) is 2.62. The van der Waals surface area contributed by atoms with E-state index in [4.69, 9.17) is 4.74 Å². The highest BCUT2D eigenvalue weighted by Crippen LogP contribution is 2.25. The second-order valence-corrected chi connectivity index (χ2v) is 6.33. The lowest BCUT2D eigenvalue weighted by atomic mass is 10.0. The summed E-state index contributed by atoms with van der Waals surface area (Å²) in [5, 5.41) is 2.34. The first-order chi connectivity index (χ1) is 12.6. The maximum absolute atomic E-state index is 12.0. The number of carbonyl (C=O) groups excluding carboxylic acids is 4. The predicted molar refractivity (Wildman–Crippen MR) is 94.9 cm³/mol. The SMILES string of the molecule is CN(Cc1c(C=O)cccc1OCCCCC=O)C1CCC(=O)NC1=O. The largest absolute Gasteiger partial charge is 0.493 e. The molecule has 1 fully saturated rings. The second-order valence-electron chi connectivity index (χ2n) is 6.33. The van der Waals surface area contributed by atoms with E-state index in [2.05, 4.69) is 5.32 Å². The van der Waals surface area contributed by atoms with Crippen molar-refractivity contribution in [2.75, 3.05) is 13.7 Å². The van der Waals surface area contributed by atoms with Gasteiger partial charge in [-0.1, -0.05) is 12.1 Å². The maximum atomic E-state index is 12.0. The van der Waals surface area contributed by atoms with Gasteiger partial charge in [0, 0.05) is 30.5 Å². The summed E-state index contributed by atoms with van der Waals surface area (Å²) < 4.78 is 5.80. The van der Waals surface area contributed by atoms with Gasteiger partial charge >= 0.3 is 0 Å². The van der Waals surface area contributed by atoms with Gasteiger partial charge in [0.1, 0.15) is 12.0 Å². The Morgan fingerprint density at radius 1 is 1.27 bits per heavy atom. The van der Waals surface area contributed by atoms with Crippen LogP contribution in [0.2, 0.25) is 0 Å². The molecule has 1 atom stereocenters. The fourth-order valence-corrected chi connectivity index (χ4v) is 2.97. The van der Waals surface area contributed by atoms with E-state index >= 15 is 0 Å². The van der Waals surface area contributed by atoms with Crippen molar-refractivity contribution in [1.29, 1.82) is 0 Å². The fourth-order valence-electron chi connectivity index (χ4n) is 2.97. The zero-order valence-corrected chi connectivity index (χ0v) is 14.9. The quantitative estimate of drug-likeness (QED) is 0.386. The Balaban J connectivity index is 2.08. The summed E-state index contributed by atoms with van der Waals surface area (Å²) >= 11 is 0. The third kappa shape index (κ3) is 5.23. The Hall–Kier alpha value is -2.54. The van der Waals surface area contributed by atoms with Crippen LogP contribution >= 0.6 is 0 Å². The van der Waals surface area contributed by atoms with Crippen molar-refractivity contribution in [1.82, 2.24) is 10.2 Å². The van der Waals surface area contributed by atoms with Crippen LogP contribution in [-0.4, -0.2) is 49.0 Å². The Labute approximate surface area is 152 Å². The molecule has 2 rings (SSSR count). The van der Waals surface area contributed by atoms with Crippen molar-refractivity contribution in [2.45, 2.75) is 44.7 Å². The molecule has 7 heteroatoms. The van der Waals surface area contributed by atoms with Gasteiger partial charge in [-0.15, -0.1) is 0 Å². The van der Waals surface area contributed by atoms with Crippen molar-refractivity contribution < 1.29 is 23.9 Å². The number of hydrogen-bond donors (Lipinski definition) is 1. The van der Waals surface area contributed by atoms with E-state index < -0.39 is 6.04 Å². The Kier molecular flexibility index (Phi) is 7.47. The van der Waals surface area contributed by atoms with E-state index in [0.717, 1.165) is 25.4 Å². The van der Waals surface area contributed by atoms with Crippen LogP contribution < -0.4 is 10.1 Å². The standard InChI is InChI=1S/C19H24N2O5/c1-21(16-8-9-18(24)20-19(16)25)12-15-14(13-23)6-5-7-17(15)26-11-4-2-3-10-22/h5-7,10,13,16H,2-4,8-9,11-12H2,1H3,(H,20,24,25). The number of nitrogens with zero attached hydrogens (tertiary/aromatic N) is 1. The lowest BCUT2D eigenvalue weighted by molar-refractivity contribution is -0.137. The number of carbonyl (C=O) groups is 4. The second kappa shape index (κ2) is 9.82. The zero-order valence-electron chi connectivity index (χ0n) is 14.9. The molecule has 1 heterocycles. The molecule has 0 bridgehead atoms. The molecular formula is C19H24N2O5. The van der Waals surface area contributed by atoms with E-state index in [1.165, 1.54) is 0 Å². The molecule has 1 unspecified atom stereocenters. The molecule has 7 nitrogen and oxygen atoms in total. The molecule has 1 aromatic rings. The Morgan fingerprint density at radius 2 is 2.08 bits per heavy atom. The highest BCUT2D eigenvalue weighted by molar-refractivity contribution is 6.00. The van der Waals surface area contributed by atoms with Crippen molar-refractivity contribution >= 4 is 24.4 Å². The number of hydrogen-bond acceptors (Lipinski definition) is 6. The minimum absolute atomic E-state index is 0.257. The summed E-state index contributed by atoms with van der Waals surface area (Å²) in [6.07, 6.45) is 4.40. The number of amides is 2. The summed E-state index contributed by atoms with van der Waals surface area (Å²) in [7, 11) is 1.79. The van der Waals surface area contributed by atoms with E-state index in [-0.39, 0.29) is 11.8 Å². The molecular weight excluding hydrogens is 336 g/mol. The van der Waals surface area contributed by atoms with Gasteiger partial charge in [0.25, 0.3) is 0 Å². The van der Waals surface area contributed by atoms with E-state index in [9.17, 15) is 19.2 Å². The number of ether oxygens (including phenoxy) is 1. The van der Waals surface area contributed by atoms with Crippen LogP contribution in [0.4, 0.5) is 0 Å². The minimum Gasteiger partial charge on any atom is -0.493 e. The maximum Gasteiger partial charge on any atom is 0.243 e. The molecule has 2 amide bonds. The number of piperidine rings is 1. The first kappa shape index (κ1) is 19.8. The normalized spacial score (nSPS) is 17.1. The van der Waals surface area contributed by atoms with Crippen LogP contribution in [-0.2, 0) is 20.9 Å². The molecule has 140 valence electrons. The van der Waals surface area contributed by atoms with Crippen molar-refractivity contribution in [3.05, 3.63) is 29.3 Å². The van der Waals surface area contributed by atoms with Crippen molar-refractivity contribution in [3.63, 3.8) is 0 Å². The topological polar surface area (TPSA) is 92.8 Å². The molecule has 26 heavy (non-hydrogen) atoms. The number of nitrogens with one attached hydrogen (secondary N) is 1. The van der Waals surface area contributed by atoms with Crippen LogP contribution in [0, 0.1) is 0 Å². The number of benzene rings is 1. The van der Waals surface area contributed by atoms with Crippen LogP contribution in [0.1, 0.15) is 48.0 Å². The molecule has 1 N–H and O–H groups in total. The number of imide groups is 1. The third-order valence-corrected chi connectivity index (χ3v) is 4.42. The first-order valence-electron chi connectivity index (χ1n) is 8.74. The van der Waals surface area contributed by atoms with E-state index in [0.29, 0.717) is 49.3 Å². The van der Waals surface area contributed by atoms with Gasteiger partial charge < -0.3 is 9.53 Å². The number of rotatable bonds is 10. The third-order valence-electron chi connectivity index (χ3n) is 4.42. The molecule has 0 spiro atoms. The highest BCUT2D eigenvalue weighted by Gasteiger charge is 2.30. The summed E-state index contributed by atoms with van der Waals surface area (Å²) in [4.78, 5) is 47.0. The molecule has 1 saturated heterocycles. The van der Waals surface area contributed by atoms with E-state index in [1.54, 1.807) is 25.2 Å². The summed E-state index contributed by atoms with van der Waals surface area (Å²) in [6, 6.07) is 4.83. The van der Waals surface area contributed by atoms with Gasteiger partial charge in [0.2, 0.25) is 11.8 Å². The summed E-state index contributed by atoms with van der Waals surface area (Å²) in [5.41, 5.74) is 1.22. The van der Waals surface area contributed by atoms with Crippen molar-refractivity contribution in [2.24, 2.45) is 0 Å². The fraction of sp³-hybridized carbons (Fsp3) is 0.474. The number of aldehydes is 2.